The number of aryl methyl sites for hydroxylation is 2. The van der Waals surface area contributed by atoms with Crippen molar-refractivity contribution < 1.29 is 14.7 Å². The van der Waals surface area contributed by atoms with Crippen LogP contribution in [0.15, 0.2) is 0 Å². The number of carboxylic acid groups (broad SMARTS) is 1. The number of carboxylic acids is 1. The molecule has 3 atom stereocenters. The Bertz CT molecular complexity index is 607. The van der Waals surface area contributed by atoms with E-state index in [9.17, 15) is 9.59 Å². The Labute approximate surface area is 122 Å². The normalized spacial score (nSPS) is 29.6. The zero-order valence-corrected chi connectivity index (χ0v) is 12.5. The van der Waals surface area contributed by atoms with Gasteiger partial charge in [-0.15, -0.1) is 0 Å². The van der Waals surface area contributed by atoms with Crippen LogP contribution in [0.25, 0.3) is 0 Å². The predicted octanol–water partition coefficient (Wildman–Crippen LogP) is 0.894. The average molecular weight is 292 g/mol. The van der Waals surface area contributed by atoms with Gasteiger partial charge in [-0.05, 0) is 25.2 Å². The third kappa shape index (κ3) is 2.20. The van der Waals surface area contributed by atoms with Crippen molar-refractivity contribution in [2.45, 2.75) is 46.2 Å². The van der Waals surface area contributed by atoms with Crippen molar-refractivity contribution in [1.29, 1.82) is 0 Å². The molecule has 2 N–H and O–H groups in total. The molecule has 1 aromatic rings. The molecule has 1 aliphatic carbocycles. The summed E-state index contributed by atoms with van der Waals surface area (Å²) in [6.45, 7) is 6.29. The largest absolute Gasteiger partial charge is 0.481 e. The Morgan fingerprint density at radius 1 is 1.38 bits per heavy atom. The number of hydrogen-bond donors (Lipinski definition) is 2. The summed E-state index contributed by atoms with van der Waals surface area (Å²) in [5, 5.41) is 16.4. The lowest BCUT2D eigenvalue weighted by molar-refractivity contribution is -0.140. The molecule has 7 heteroatoms. The Balaban J connectivity index is 1.74. The zero-order chi connectivity index (χ0) is 15.4. The van der Waals surface area contributed by atoms with Gasteiger partial charge >= 0.3 is 5.97 Å². The van der Waals surface area contributed by atoms with Crippen molar-refractivity contribution in [3.05, 3.63) is 11.6 Å². The Kier molecular flexibility index (Phi) is 3.04. The maximum atomic E-state index is 12.4. The van der Waals surface area contributed by atoms with Crippen LogP contribution in [0.2, 0.25) is 0 Å². The summed E-state index contributed by atoms with van der Waals surface area (Å²) in [4.78, 5) is 27.9. The van der Waals surface area contributed by atoms with Gasteiger partial charge in [0, 0.05) is 6.54 Å². The second kappa shape index (κ2) is 4.54. The highest BCUT2D eigenvalue weighted by Gasteiger charge is 2.66. The molecular weight excluding hydrogens is 272 g/mol. The molecule has 21 heavy (non-hydrogen) atoms. The molecule has 0 saturated heterocycles. The highest BCUT2D eigenvalue weighted by molar-refractivity contribution is 5.91. The predicted molar refractivity (Wildman–Crippen MR) is 73.3 cm³/mol. The maximum Gasteiger partial charge on any atom is 0.307 e. The van der Waals surface area contributed by atoms with Crippen molar-refractivity contribution in [2.24, 2.45) is 17.3 Å². The number of carbonyl (C=O) groups excluding carboxylic acids is 1. The Hall–Kier alpha value is -1.92. The highest BCUT2D eigenvalue weighted by atomic mass is 16.4. The SMILES string of the molecule is Cc1nc2n(n1)CCCC2NC(=O)[C@@H]1[C@H](C(=O)O)C1(C)C. The van der Waals surface area contributed by atoms with E-state index >= 15 is 0 Å². The molecule has 0 bridgehead atoms. The molecule has 114 valence electrons. The maximum absolute atomic E-state index is 12.4. The van der Waals surface area contributed by atoms with Gasteiger partial charge in [0.15, 0.2) is 0 Å². The van der Waals surface area contributed by atoms with Gasteiger partial charge in [0.1, 0.15) is 11.6 Å². The first-order chi connectivity index (χ1) is 9.82. The van der Waals surface area contributed by atoms with Crippen LogP contribution in [0.3, 0.4) is 0 Å². The quantitative estimate of drug-likeness (QED) is 0.862. The third-order valence-electron chi connectivity index (χ3n) is 4.67. The summed E-state index contributed by atoms with van der Waals surface area (Å²) >= 11 is 0. The highest BCUT2D eigenvalue weighted by Crippen LogP contribution is 2.58. The van der Waals surface area contributed by atoms with Crippen molar-refractivity contribution in [1.82, 2.24) is 20.1 Å². The van der Waals surface area contributed by atoms with Crippen LogP contribution in [0, 0.1) is 24.2 Å². The summed E-state index contributed by atoms with van der Waals surface area (Å²) in [5.41, 5.74) is -0.478. The van der Waals surface area contributed by atoms with Gasteiger partial charge in [-0.2, -0.15) is 5.10 Å². The standard InChI is InChI=1S/C14H20N4O3/c1-7-15-11-8(5-4-6-18(11)17-7)16-12(19)9-10(13(20)21)14(9,2)3/h8-10H,4-6H2,1-3H3,(H,16,19)(H,20,21)/t8?,9-,10+/m0/s1. The number of amides is 1. The lowest BCUT2D eigenvalue weighted by atomic mass is 10.1. The third-order valence-corrected chi connectivity index (χ3v) is 4.67. The summed E-state index contributed by atoms with van der Waals surface area (Å²) < 4.78 is 1.83. The van der Waals surface area contributed by atoms with E-state index in [1.807, 2.05) is 25.5 Å². The fourth-order valence-electron chi connectivity index (χ4n) is 3.45. The first kappa shape index (κ1) is 14.0. The number of hydrogen-bond acceptors (Lipinski definition) is 4. The van der Waals surface area contributed by atoms with Gasteiger partial charge in [-0.25, -0.2) is 9.67 Å². The van der Waals surface area contributed by atoms with E-state index in [0.717, 1.165) is 25.2 Å². The first-order valence-corrected chi connectivity index (χ1v) is 7.27. The minimum atomic E-state index is -0.900. The average Bonchev–Trinajstić information content (AvgIpc) is 2.76. The minimum Gasteiger partial charge on any atom is -0.481 e. The van der Waals surface area contributed by atoms with E-state index in [4.69, 9.17) is 5.11 Å². The van der Waals surface area contributed by atoms with E-state index in [1.165, 1.54) is 0 Å². The van der Waals surface area contributed by atoms with Crippen molar-refractivity contribution in [2.75, 3.05) is 0 Å². The molecule has 0 aromatic carbocycles. The van der Waals surface area contributed by atoms with Crippen LogP contribution >= 0.6 is 0 Å². The minimum absolute atomic E-state index is 0.168. The lowest BCUT2D eigenvalue weighted by Gasteiger charge is -2.23. The molecule has 1 aromatic heterocycles. The van der Waals surface area contributed by atoms with Crippen LogP contribution in [-0.4, -0.2) is 31.7 Å². The van der Waals surface area contributed by atoms with E-state index in [-0.39, 0.29) is 11.9 Å². The fourth-order valence-corrected chi connectivity index (χ4v) is 3.45. The van der Waals surface area contributed by atoms with Crippen LogP contribution in [-0.2, 0) is 16.1 Å². The number of carbonyl (C=O) groups is 2. The van der Waals surface area contributed by atoms with Crippen molar-refractivity contribution in [3.8, 4) is 0 Å². The van der Waals surface area contributed by atoms with Gasteiger partial charge in [-0.1, -0.05) is 13.8 Å². The monoisotopic (exact) mass is 292 g/mol. The Morgan fingerprint density at radius 3 is 2.71 bits per heavy atom. The zero-order valence-electron chi connectivity index (χ0n) is 12.5. The molecule has 1 saturated carbocycles. The smallest absolute Gasteiger partial charge is 0.307 e. The molecule has 0 spiro atoms. The van der Waals surface area contributed by atoms with Crippen molar-refractivity contribution >= 4 is 11.9 Å². The summed E-state index contributed by atoms with van der Waals surface area (Å²) in [5.74, 6) is -0.678. The molecule has 1 unspecified atom stereocenters. The molecule has 1 amide bonds. The molecule has 2 heterocycles. The van der Waals surface area contributed by atoms with Gasteiger partial charge in [0.05, 0.1) is 17.9 Å². The molecule has 1 fully saturated rings. The number of nitrogens with one attached hydrogen (secondary N) is 1. The summed E-state index contributed by atoms with van der Waals surface area (Å²) in [6.07, 6.45) is 1.74. The lowest BCUT2D eigenvalue weighted by Crippen LogP contribution is -2.35. The van der Waals surface area contributed by atoms with Crippen LogP contribution in [0.4, 0.5) is 0 Å². The number of rotatable bonds is 3. The van der Waals surface area contributed by atoms with Crippen LogP contribution in [0.5, 0.6) is 0 Å². The van der Waals surface area contributed by atoms with Crippen LogP contribution in [0.1, 0.15) is 44.4 Å². The van der Waals surface area contributed by atoms with E-state index < -0.39 is 23.2 Å². The second-order valence-corrected chi connectivity index (χ2v) is 6.56. The van der Waals surface area contributed by atoms with Gasteiger partial charge < -0.3 is 10.4 Å². The van der Waals surface area contributed by atoms with Gasteiger partial charge in [0.25, 0.3) is 0 Å². The summed E-state index contributed by atoms with van der Waals surface area (Å²) in [6, 6.07) is -0.168. The topological polar surface area (TPSA) is 97.1 Å². The summed E-state index contributed by atoms with van der Waals surface area (Å²) in [7, 11) is 0. The Morgan fingerprint density at radius 2 is 2.10 bits per heavy atom. The first-order valence-electron chi connectivity index (χ1n) is 7.27. The van der Waals surface area contributed by atoms with Gasteiger partial charge in [0.2, 0.25) is 5.91 Å². The number of aliphatic carboxylic acids is 1. The number of aromatic nitrogens is 3. The molecule has 7 nitrogen and oxygen atoms in total. The van der Waals surface area contributed by atoms with Crippen LogP contribution < -0.4 is 5.32 Å². The number of nitrogens with zero attached hydrogens (tertiary/aromatic N) is 3. The molecular formula is C14H20N4O3. The molecule has 2 aliphatic rings. The van der Waals surface area contributed by atoms with Crippen molar-refractivity contribution in [3.63, 3.8) is 0 Å². The van der Waals surface area contributed by atoms with E-state index in [1.54, 1.807) is 0 Å². The second-order valence-electron chi connectivity index (χ2n) is 6.56. The fraction of sp³-hybridized carbons (Fsp3) is 0.714. The molecule has 3 rings (SSSR count). The molecule has 1 aliphatic heterocycles. The molecule has 0 radical (unpaired) electrons. The van der Waals surface area contributed by atoms with E-state index in [0.29, 0.717) is 5.82 Å². The number of fused-ring (bicyclic) bond motifs is 1. The van der Waals surface area contributed by atoms with Gasteiger partial charge in [-0.3, -0.25) is 9.59 Å². The van der Waals surface area contributed by atoms with E-state index in [2.05, 4.69) is 15.4 Å².